The fraction of sp³-hybridized carbons (Fsp3) is 0.714. The van der Waals surface area contributed by atoms with Gasteiger partial charge in [0.25, 0.3) is 0 Å². The molecule has 142 valence electrons. The number of carbonyl (C=O) groups is 2. The maximum Gasteiger partial charge on any atom is 0.341 e. The Morgan fingerprint density at radius 3 is 2.77 bits per heavy atom. The van der Waals surface area contributed by atoms with Crippen molar-refractivity contribution in [1.82, 2.24) is 0 Å². The van der Waals surface area contributed by atoms with Crippen molar-refractivity contribution < 1.29 is 14.3 Å². The van der Waals surface area contributed by atoms with Gasteiger partial charge in [0.1, 0.15) is 5.00 Å². The molecule has 1 heterocycles. The van der Waals surface area contributed by atoms with Crippen LogP contribution >= 0.6 is 11.3 Å². The summed E-state index contributed by atoms with van der Waals surface area (Å²) in [5, 5.41) is 3.88. The van der Waals surface area contributed by atoms with Crippen LogP contribution in [0, 0.1) is 23.7 Å². The molecule has 2 bridgehead atoms. The van der Waals surface area contributed by atoms with Crippen molar-refractivity contribution in [3.05, 3.63) is 16.0 Å². The Kier molecular flexibility index (Phi) is 5.09. The molecule has 3 aliphatic carbocycles. The first-order chi connectivity index (χ1) is 12.6. The van der Waals surface area contributed by atoms with Crippen LogP contribution in [-0.2, 0) is 22.4 Å². The number of anilines is 1. The summed E-state index contributed by atoms with van der Waals surface area (Å²) in [6, 6.07) is 0. The Morgan fingerprint density at radius 2 is 2.08 bits per heavy atom. The molecule has 0 radical (unpaired) electrons. The van der Waals surface area contributed by atoms with Gasteiger partial charge in [-0.3, -0.25) is 4.79 Å². The molecule has 2 fully saturated rings. The van der Waals surface area contributed by atoms with Crippen LogP contribution in [0.1, 0.15) is 73.2 Å². The Labute approximate surface area is 159 Å². The highest BCUT2D eigenvalue weighted by Crippen LogP contribution is 2.49. The first-order valence-electron chi connectivity index (χ1n) is 10.2. The van der Waals surface area contributed by atoms with Crippen molar-refractivity contribution in [3.8, 4) is 0 Å². The molecule has 1 aromatic rings. The number of thiophene rings is 1. The molecule has 0 aromatic carbocycles. The van der Waals surface area contributed by atoms with Gasteiger partial charge in [-0.05, 0) is 68.3 Å². The van der Waals surface area contributed by atoms with Gasteiger partial charge >= 0.3 is 5.97 Å². The monoisotopic (exact) mass is 375 g/mol. The van der Waals surface area contributed by atoms with Gasteiger partial charge in [0, 0.05) is 10.8 Å². The molecule has 2 saturated carbocycles. The summed E-state index contributed by atoms with van der Waals surface area (Å²) in [5.74, 6) is 1.91. The van der Waals surface area contributed by atoms with Gasteiger partial charge < -0.3 is 10.1 Å². The van der Waals surface area contributed by atoms with E-state index in [-0.39, 0.29) is 17.8 Å². The molecule has 1 N–H and O–H groups in total. The molecule has 0 saturated heterocycles. The zero-order valence-corrected chi connectivity index (χ0v) is 16.6. The van der Waals surface area contributed by atoms with Crippen LogP contribution in [-0.4, -0.2) is 18.5 Å². The number of nitrogens with one attached hydrogen (secondary N) is 1. The molecule has 0 aliphatic heterocycles. The minimum atomic E-state index is -0.262. The summed E-state index contributed by atoms with van der Waals surface area (Å²) < 4.78 is 5.44. The second-order valence-corrected chi connectivity index (χ2v) is 9.57. The average Bonchev–Trinajstić information content (AvgIpc) is 3.32. The minimum Gasteiger partial charge on any atom is -0.462 e. The van der Waals surface area contributed by atoms with E-state index in [0.29, 0.717) is 24.0 Å². The number of hydrogen-bond donors (Lipinski definition) is 1. The highest BCUT2D eigenvalue weighted by molar-refractivity contribution is 7.17. The second kappa shape index (κ2) is 7.34. The quantitative estimate of drug-likeness (QED) is 0.751. The van der Waals surface area contributed by atoms with Gasteiger partial charge in [-0.25, -0.2) is 4.79 Å². The lowest BCUT2D eigenvalue weighted by Crippen LogP contribution is -2.27. The zero-order chi connectivity index (χ0) is 18.3. The van der Waals surface area contributed by atoms with E-state index >= 15 is 0 Å². The summed E-state index contributed by atoms with van der Waals surface area (Å²) in [4.78, 5) is 26.9. The molecule has 1 amide bonds. The first-order valence-corrected chi connectivity index (χ1v) is 11.0. The third kappa shape index (κ3) is 3.30. The Morgan fingerprint density at radius 1 is 1.23 bits per heavy atom. The van der Waals surface area contributed by atoms with Crippen LogP contribution in [0.4, 0.5) is 5.00 Å². The lowest BCUT2D eigenvalue weighted by molar-refractivity contribution is -0.121. The first kappa shape index (κ1) is 18.0. The fourth-order valence-electron chi connectivity index (χ4n) is 5.09. The van der Waals surface area contributed by atoms with Gasteiger partial charge in [-0.1, -0.05) is 20.3 Å². The van der Waals surface area contributed by atoms with E-state index in [1.807, 2.05) is 6.92 Å². The van der Waals surface area contributed by atoms with Crippen molar-refractivity contribution in [1.29, 1.82) is 0 Å². The van der Waals surface area contributed by atoms with Gasteiger partial charge in [-0.15, -0.1) is 11.3 Å². The normalized spacial score (nSPS) is 29.5. The van der Waals surface area contributed by atoms with Gasteiger partial charge in [0.05, 0.1) is 12.2 Å². The van der Waals surface area contributed by atoms with E-state index in [0.717, 1.165) is 48.6 Å². The number of amides is 1. The van der Waals surface area contributed by atoms with Crippen LogP contribution in [0.15, 0.2) is 0 Å². The molecule has 4 nitrogen and oxygen atoms in total. The van der Waals surface area contributed by atoms with Crippen molar-refractivity contribution in [2.24, 2.45) is 23.7 Å². The van der Waals surface area contributed by atoms with E-state index in [4.69, 9.17) is 4.74 Å². The standard InChI is InChI=1S/C21H29NO3S/c1-3-8-25-21(24)18-15-7-4-12(2)9-17(15)26-20(18)22-19(23)16-11-13-5-6-14(16)10-13/h12-14,16H,3-11H2,1-2H3,(H,22,23)/t12-,13-,14-,16+/m1/s1. The third-order valence-electron chi connectivity index (χ3n) is 6.46. The van der Waals surface area contributed by atoms with Crippen molar-refractivity contribution in [2.75, 3.05) is 11.9 Å². The summed E-state index contributed by atoms with van der Waals surface area (Å²) >= 11 is 1.60. The molecule has 4 atom stereocenters. The van der Waals surface area contributed by atoms with Crippen molar-refractivity contribution in [3.63, 3.8) is 0 Å². The van der Waals surface area contributed by atoms with Gasteiger partial charge in [0.2, 0.25) is 5.91 Å². The lowest BCUT2D eigenvalue weighted by atomic mass is 9.87. The van der Waals surface area contributed by atoms with Gasteiger partial charge in [-0.2, -0.15) is 0 Å². The number of carbonyl (C=O) groups excluding carboxylic acids is 2. The summed E-state index contributed by atoms with van der Waals surface area (Å²) in [6.07, 6.45) is 8.52. The third-order valence-corrected chi connectivity index (χ3v) is 7.63. The molecule has 0 unspecified atom stereocenters. The molecule has 4 rings (SSSR count). The topological polar surface area (TPSA) is 55.4 Å². The number of hydrogen-bond acceptors (Lipinski definition) is 4. The van der Waals surface area contributed by atoms with Crippen LogP contribution in [0.25, 0.3) is 0 Å². The minimum absolute atomic E-state index is 0.119. The van der Waals surface area contributed by atoms with E-state index in [1.165, 1.54) is 24.1 Å². The Balaban J connectivity index is 1.58. The highest BCUT2D eigenvalue weighted by atomic mass is 32.1. The van der Waals surface area contributed by atoms with E-state index in [1.54, 1.807) is 11.3 Å². The average molecular weight is 376 g/mol. The summed E-state index contributed by atoms with van der Waals surface area (Å²) in [7, 11) is 0. The number of esters is 1. The number of rotatable bonds is 5. The molecule has 5 heteroatoms. The molecular weight excluding hydrogens is 346 g/mol. The molecule has 1 aromatic heterocycles. The zero-order valence-electron chi connectivity index (χ0n) is 15.8. The Hall–Kier alpha value is -1.36. The van der Waals surface area contributed by atoms with Crippen LogP contribution < -0.4 is 5.32 Å². The SMILES string of the molecule is CCCOC(=O)c1c(NC(=O)[C@H]2C[C@@H]3CC[C@@H]2C3)sc2c1CC[C@@H](C)C2. The molecule has 0 spiro atoms. The summed E-state index contributed by atoms with van der Waals surface area (Å²) in [5.41, 5.74) is 1.76. The molecule has 3 aliphatic rings. The molecule has 26 heavy (non-hydrogen) atoms. The number of ether oxygens (including phenoxy) is 1. The Bertz CT molecular complexity index is 710. The maximum atomic E-state index is 12.9. The van der Waals surface area contributed by atoms with E-state index in [2.05, 4.69) is 12.2 Å². The smallest absolute Gasteiger partial charge is 0.341 e. The predicted molar refractivity (Wildman–Crippen MR) is 104 cm³/mol. The fourth-order valence-corrected chi connectivity index (χ4v) is 6.49. The maximum absolute atomic E-state index is 12.9. The predicted octanol–water partition coefficient (Wildman–Crippen LogP) is 4.81. The lowest BCUT2D eigenvalue weighted by Gasteiger charge is -2.20. The second-order valence-electron chi connectivity index (χ2n) is 8.46. The molecular formula is C21H29NO3S. The summed E-state index contributed by atoms with van der Waals surface area (Å²) in [6.45, 7) is 4.68. The largest absolute Gasteiger partial charge is 0.462 e. The van der Waals surface area contributed by atoms with Crippen LogP contribution in [0.5, 0.6) is 0 Å². The van der Waals surface area contributed by atoms with Gasteiger partial charge in [0.15, 0.2) is 0 Å². The highest BCUT2D eigenvalue weighted by Gasteiger charge is 2.43. The van der Waals surface area contributed by atoms with E-state index < -0.39 is 0 Å². The van der Waals surface area contributed by atoms with E-state index in [9.17, 15) is 9.59 Å². The van der Waals surface area contributed by atoms with Crippen molar-refractivity contribution >= 4 is 28.2 Å². The van der Waals surface area contributed by atoms with Crippen molar-refractivity contribution in [2.45, 2.75) is 65.2 Å². The van der Waals surface area contributed by atoms with Crippen LogP contribution in [0.2, 0.25) is 0 Å². The van der Waals surface area contributed by atoms with Crippen LogP contribution in [0.3, 0.4) is 0 Å². The number of fused-ring (bicyclic) bond motifs is 3.